The summed E-state index contributed by atoms with van der Waals surface area (Å²) >= 11 is 0. The molecule has 0 bridgehead atoms. The van der Waals surface area contributed by atoms with Gasteiger partial charge in [-0.2, -0.15) is 18.3 Å². The predicted octanol–water partition coefficient (Wildman–Crippen LogP) is 5.02. The van der Waals surface area contributed by atoms with Crippen LogP contribution in [0, 0.1) is 6.92 Å². The summed E-state index contributed by atoms with van der Waals surface area (Å²) in [5.41, 5.74) is 2.09. The number of hydrogen-bond donors (Lipinski definition) is 0. The van der Waals surface area contributed by atoms with Crippen molar-refractivity contribution in [2.75, 3.05) is 0 Å². The number of aromatic nitrogens is 3. The van der Waals surface area contributed by atoms with E-state index in [9.17, 15) is 13.2 Å². The quantitative estimate of drug-likeness (QED) is 0.626. The van der Waals surface area contributed by atoms with E-state index in [0.717, 1.165) is 21.7 Å². The maximum Gasteiger partial charge on any atom is 0.433 e. The summed E-state index contributed by atoms with van der Waals surface area (Å²) in [7, 11) is 0. The average Bonchev–Trinajstić information content (AvgIpc) is 2.88. The number of benzene rings is 1. The normalized spacial score (nSPS) is 12.8. The Bertz CT molecular complexity index is 885. The number of rotatable bonds is 1. The monoisotopic (exact) mass is 333 g/mol. The highest BCUT2D eigenvalue weighted by Gasteiger charge is 2.35. The molecule has 0 aliphatic carbocycles. The van der Waals surface area contributed by atoms with E-state index < -0.39 is 11.9 Å². The topological polar surface area (TPSA) is 30.2 Å². The molecule has 0 fully saturated rings. The molecule has 3 nitrogen and oxygen atoms in total. The van der Waals surface area contributed by atoms with Crippen molar-refractivity contribution < 1.29 is 13.2 Å². The van der Waals surface area contributed by atoms with Crippen LogP contribution < -0.4 is 0 Å². The van der Waals surface area contributed by atoms with Crippen LogP contribution >= 0.6 is 0 Å². The Kier molecular flexibility index (Phi) is 3.66. The largest absolute Gasteiger partial charge is 0.433 e. The van der Waals surface area contributed by atoms with Crippen molar-refractivity contribution in [1.29, 1.82) is 0 Å². The molecule has 0 amide bonds. The minimum atomic E-state index is -4.48. The van der Waals surface area contributed by atoms with Gasteiger partial charge in [-0.25, -0.2) is 9.50 Å². The molecule has 0 unspecified atom stereocenters. The summed E-state index contributed by atoms with van der Waals surface area (Å²) in [6.45, 7) is 7.86. The molecule has 3 aromatic rings. The molecule has 126 valence electrons. The van der Waals surface area contributed by atoms with Crippen molar-refractivity contribution >= 4 is 5.65 Å². The fraction of sp³-hybridized carbons (Fsp3) is 0.333. The Hall–Kier alpha value is -2.37. The van der Waals surface area contributed by atoms with E-state index in [1.807, 2.05) is 24.3 Å². The van der Waals surface area contributed by atoms with E-state index in [0.29, 0.717) is 11.4 Å². The SMILES string of the molecule is Cc1cc(C(F)(F)F)n2nc(-c3ccc(C(C)(C)C)cc3)cc2n1. The highest BCUT2D eigenvalue weighted by atomic mass is 19.4. The number of aryl methyl sites for hydroxylation is 1. The molecule has 0 saturated heterocycles. The maximum absolute atomic E-state index is 13.2. The highest BCUT2D eigenvalue weighted by Crippen LogP contribution is 2.31. The first-order chi connectivity index (χ1) is 11.1. The first-order valence-corrected chi connectivity index (χ1v) is 7.61. The Labute approximate surface area is 138 Å². The lowest BCUT2D eigenvalue weighted by molar-refractivity contribution is -0.142. The summed E-state index contributed by atoms with van der Waals surface area (Å²) in [5, 5.41) is 4.12. The molecular weight excluding hydrogens is 315 g/mol. The van der Waals surface area contributed by atoms with Crippen LogP contribution in [0.5, 0.6) is 0 Å². The molecule has 0 radical (unpaired) electrons. The second-order valence-corrected chi connectivity index (χ2v) is 6.91. The Morgan fingerprint density at radius 3 is 2.12 bits per heavy atom. The van der Waals surface area contributed by atoms with Gasteiger partial charge in [0.25, 0.3) is 0 Å². The van der Waals surface area contributed by atoms with Crippen LogP contribution in [0.1, 0.15) is 37.7 Å². The number of halogens is 3. The van der Waals surface area contributed by atoms with Gasteiger partial charge in [0.05, 0.1) is 5.69 Å². The first-order valence-electron chi connectivity index (χ1n) is 7.61. The van der Waals surface area contributed by atoms with E-state index in [1.165, 1.54) is 0 Å². The van der Waals surface area contributed by atoms with Crippen LogP contribution in [0.3, 0.4) is 0 Å². The Morgan fingerprint density at radius 2 is 1.58 bits per heavy atom. The van der Waals surface area contributed by atoms with Gasteiger partial charge >= 0.3 is 6.18 Å². The fourth-order valence-corrected chi connectivity index (χ4v) is 2.58. The van der Waals surface area contributed by atoms with Crippen LogP contribution in [0.4, 0.5) is 13.2 Å². The van der Waals surface area contributed by atoms with Crippen LogP contribution in [0.25, 0.3) is 16.9 Å². The third-order valence-electron chi connectivity index (χ3n) is 3.89. The van der Waals surface area contributed by atoms with Crippen LogP contribution in [0.15, 0.2) is 36.4 Å². The van der Waals surface area contributed by atoms with Crippen molar-refractivity contribution in [3.8, 4) is 11.3 Å². The smallest absolute Gasteiger partial charge is 0.234 e. The third kappa shape index (κ3) is 3.00. The van der Waals surface area contributed by atoms with Gasteiger partial charge in [0.1, 0.15) is 5.69 Å². The molecule has 0 spiro atoms. The third-order valence-corrected chi connectivity index (χ3v) is 3.89. The van der Waals surface area contributed by atoms with Gasteiger partial charge in [-0.05, 0) is 24.0 Å². The summed E-state index contributed by atoms with van der Waals surface area (Å²) in [4.78, 5) is 4.15. The van der Waals surface area contributed by atoms with Gasteiger partial charge in [0, 0.05) is 17.3 Å². The number of nitrogens with zero attached hydrogens (tertiary/aromatic N) is 3. The van der Waals surface area contributed by atoms with Gasteiger partial charge in [-0.3, -0.25) is 0 Å². The molecular formula is C18H18F3N3. The zero-order chi connectivity index (χ0) is 17.7. The standard InChI is InChI=1S/C18H18F3N3/c1-11-9-15(18(19,20)21)24-16(22-11)10-14(23-24)12-5-7-13(8-6-12)17(2,3)4/h5-10H,1-4H3. The molecule has 0 atom stereocenters. The first kappa shape index (κ1) is 16.5. The van der Waals surface area contributed by atoms with Crippen LogP contribution in [-0.4, -0.2) is 14.6 Å². The van der Waals surface area contributed by atoms with E-state index in [4.69, 9.17) is 0 Å². The van der Waals surface area contributed by atoms with Crippen molar-refractivity contribution in [1.82, 2.24) is 14.6 Å². The summed E-state index contributed by atoms with van der Waals surface area (Å²) < 4.78 is 40.5. The van der Waals surface area contributed by atoms with Crippen LogP contribution in [-0.2, 0) is 11.6 Å². The van der Waals surface area contributed by atoms with Gasteiger partial charge in [0.2, 0.25) is 0 Å². The lowest BCUT2D eigenvalue weighted by Crippen LogP contribution is -2.13. The van der Waals surface area contributed by atoms with E-state index in [2.05, 4.69) is 30.9 Å². The molecule has 1 aromatic carbocycles. The van der Waals surface area contributed by atoms with Gasteiger partial charge < -0.3 is 0 Å². The zero-order valence-electron chi connectivity index (χ0n) is 13.9. The van der Waals surface area contributed by atoms with Crippen molar-refractivity contribution in [2.24, 2.45) is 0 Å². The van der Waals surface area contributed by atoms with Crippen molar-refractivity contribution in [3.63, 3.8) is 0 Å². The van der Waals surface area contributed by atoms with Gasteiger partial charge in [-0.1, -0.05) is 45.0 Å². The summed E-state index contributed by atoms with van der Waals surface area (Å²) in [5.74, 6) is 0. The average molecular weight is 333 g/mol. The molecule has 24 heavy (non-hydrogen) atoms. The minimum Gasteiger partial charge on any atom is -0.234 e. The molecule has 0 N–H and O–H groups in total. The predicted molar refractivity (Wildman–Crippen MR) is 86.9 cm³/mol. The van der Waals surface area contributed by atoms with Gasteiger partial charge in [0.15, 0.2) is 5.65 Å². The summed E-state index contributed by atoms with van der Waals surface area (Å²) in [6.07, 6.45) is -4.48. The van der Waals surface area contributed by atoms with Crippen molar-refractivity contribution in [3.05, 3.63) is 53.3 Å². The molecule has 2 heterocycles. The zero-order valence-corrected chi connectivity index (χ0v) is 13.9. The second kappa shape index (κ2) is 5.33. The summed E-state index contributed by atoms with van der Waals surface area (Å²) in [6, 6.07) is 10.3. The fourth-order valence-electron chi connectivity index (χ4n) is 2.58. The lowest BCUT2D eigenvalue weighted by Gasteiger charge is -2.18. The highest BCUT2D eigenvalue weighted by molar-refractivity contribution is 5.64. The van der Waals surface area contributed by atoms with E-state index >= 15 is 0 Å². The minimum absolute atomic E-state index is 0.0135. The molecule has 0 aliphatic heterocycles. The maximum atomic E-state index is 13.2. The lowest BCUT2D eigenvalue weighted by atomic mass is 9.86. The second-order valence-electron chi connectivity index (χ2n) is 6.91. The molecule has 6 heteroatoms. The number of fused-ring (bicyclic) bond motifs is 1. The van der Waals surface area contributed by atoms with Crippen LogP contribution in [0.2, 0.25) is 0 Å². The van der Waals surface area contributed by atoms with E-state index in [1.54, 1.807) is 13.0 Å². The van der Waals surface area contributed by atoms with Gasteiger partial charge in [-0.15, -0.1) is 0 Å². The molecule has 0 aliphatic rings. The molecule has 0 saturated carbocycles. The van der Waals surface area contributed by atoms with Crippen molar-refractivity contribution in [2.45, 2.75) is 39.3 Å². The number of alkyl halides is 3. The molecule has 2 aromatic heterocycles. The Morgan fingerprint density at radius 1 is 0.958 bits per heavy atom. The number of hydrogen-bond acceptors (Lipinski definition) is 2. The van der Waals surface area contributed by atoms with E-state index in [-0.39, 0.29) is 11.1 Å². The molecule has 3 rings (SSSR count). The Balaban J connectivity index is 2.12.